The molecule has 9 heteroatoms. The summed E-state index contributed by atoms with van der Waals surface area (Å²) < 4.78 is 16.3. The molecule has 0 amide bonds. The summed E-state index contributed by atoms with van der Waals surface area (Å²) in [5.74, 6) is 1.30. The third-order valence-electron chi connectivity index (χ3n) is 3.86. The fourth-order valence-corrected chi connectivity index (χ4v) is 3.72. The standard InChI is InChI=1S/C19H19BrN4O3S/c1-26-17-8-15(20)19(9-18(17)27-2)28-21-10-14-11-24(23-22-14)12-16(25)13-6-4-3-5-7-13/h3-9,11,21H,10,12H2,1-2H3. The van der Waals surface area contributed by atoms with Crippen molar-refractivity contribution in [3.63, 3.8) is 0 Å². The molecule has 1 N–H and O–H groups in total. The Morgan fingerprint density at radius 2 is 1.89 bits per heavy atom. The number of Topliss-reactive ketones (excluding diaryl/α,β-unsaturated/α-hetero) is 1. The van der Waals surface area contributed by atoms with Gasteiger partial charge in [0.1, 0.15) is 6.54 Å². The second kappa shape index (κ2) is 9.72. The molecular formula is C19H19BrN4O3S. The van der Waals surface area contributed by atoms with E-state index in [1.165, 1.54) is 11.9 Å². The average Bonchev–Trinajstić information content (AvgIpc) is 3.16. The van der Waals surface area contributed by atoms with Gasteiger partial charge in [0.2, 0.25) is 0 Å². The summed E-state index contributed by atoms with van der Waals surface area (Å²) in [5.41, 5.74) is 1.40. The molecule has 28 heavy (non-hydrogen) atoms. The zero-order chi connectivity index (χ0) is 19.9. The summed E-state index contributed by atoms with van der Waals surface area (Å²) in [6.45, 7) is 0.649. The number of nitrogens with one attached hydrogen (secondary N) is 1. The number of hydrogen-bond donors (Lipinski definition) is 1. The van der Waals surface area contributed by atoms with Crippen LogP contribution in [0.2, 0.25) is 0 Å². The number of benzene rings is 2. The number of ketones is 1. The van der Waals surface area contributed by atoms with Crippen LogP contribution in [0.1, 0.15) is 16.1 Å². The first-order chi connectivity index (χ1) is 13.6. The van der Waals surface area contributed by atoms with E-state index in [2.05, 4.69) is 31.0 Å². The van der Waals surface area contributed by atoms with E-state index in [1.54, 1.807) is 37.2 Å². The molecule has 0 saturated heterocycles. The Labute approximate surface area is 175 Å². The molecule has 0 aliphatic carbocycles. The second-order valence-corrected chi connectivity index (χ2v) is 7.54. The summed E-state index contributed by atoms with van der Waals surface area (Å²) in [7, 11) is 3.20. The van der Waals surface area contributed by atoms with Gasteiger partial charge in [0.15, 0.2) is 17.3 Å². The van der Waals surface area contributed by atoms with Crippen molar-refractivity contribution in [2.75, 3.05) is 14.2 Å². The number of methoxy groups -OCH3 is 2. The summed E-state index contributed by atoms with van der Waals surface area (Å²) in [6.07, 6.45) is 1.76. The number of hydrogen-bond acceptors (Lipinski definition) is 7. The molecule has 0 unspecified atom stereocenters. The van der Waals surface area contributed by atoms with Crippen molar-refractivity contribution >= 4 is 33.7 Å². The normalized spacial score (nSPS) is 10.7. The maximum atomic E-state index is 12.2. The first-order valence-electron chi connectivity index (χ1n) is 8.39. The molecule has 7 nitrogen and oxygen atoms in total. The first kappa shape index (κ1) is 20.4. The maximum absolute atomic E-state index is 12.2. The predicted molar refractivity (Wildman–Crippen MR) is 111 cm³/mol. The van der Waals surface area contributed by atoms with Gasteiger partial charge in [-0.15, -0.1) is 5.10 Å². The van der Waals surface area contributed by atoms with Crippen molar-refractivity contribution in [1.29, 1.82) is 0 Å². The van der Waals surface area contributed by atoms with Crippen LogP contribution in [0, 0.1) is 0 Å². The molecule has 0 spiro atoms. The predicted octanol–water partition coefficient (Wildman–Crippen LogP) is 3.74. The minimum Gasteiger partial charge on any atom is -0.493 e. The minimum atomic E-state index is -0.00589. The van der Waals surface area contributed by atoms with Gasteiger partial charge in [-0.25, -0.2) is 4.68 Å². The molecule has 3 rings (SSSR count). The highest BCUT2D eigenvalue weighted by molar-refractivity contribution is 9.10. The monoisotopic (exact) mass is 462 g/mol. The molecule has 0 atom stereocenters. The lowest BCUT2D eigenvalue weighted by molar-refractivity contribution is 0.0967. The van der Waals surface area contributed by atoms with Crippen molar-refractivity contribution in [3.8, 4) is 11.5 Å². The van der Waals surface area contributed by atoms with Crippen LogP contribution < -0.4 is 14.2 Å². The van der Waals surface area contributed by atoms with Crippen LogP contribution in [0.4, 0.5) is 0 Å². The van der Waals surface area contributed by atoms with E-state index >= 15 is 0 Å². The Hall–Kier alpha value is -2.36. The summed E-state index contributed by atoms with van der Waals surface area (Å²) in [6, 6.07) is 12.9. The Bertz CT molecular complexity index is 950. The molecule has 146 valence electrons. The lowest BCUT2D eigenvalue weighted by atomic mass is 10.1. The molecule has 2 aromatic carbocycles. The fourth-order valence-electron chi connectivity index (χ4n) is 2.46. The third kappa shape index (κ3) is 5.12. The lowest BCUT2D eigenvalue weighted by Crippen LogP contribution is -2.10. The number of carbonyl (C=O) groups excluding carboxylic acids is 1. The lowest BCUT2D eigenvalue weighted by Gasteiger charge is -2.11. The van der Waals surface area contributed by atoms with Gasteiger partial charge in [0.05, 0.1) is 32.7 Å². The molecule has 0 fully saturated rings. The van der Waals surface area contributed by atoms with Crippen molar-refractivity contribution in [3.05, 3.63) is 64.4 Å². The summed E-state index contributed by atoms with van der Waals surface area (Å²) in [4.78, 5) is 13.2. The SMILES string of the molecule is COc1cc(Br)c(SNCc2cn(CC(=O)c3ccccc3)nn2)cc1OC. The van der Waals surface area contributed by atoms with Gasteiger partial charge in [-0.1, -0.05) is 35.5 Å². The topological polar surface area (TPSA) is 78.3 Å². The van der Waals surface area contributed by atoms with Crippen molar-refractivity contribution in [1.82, 2.24) is 19.7 Å². The number of nitrogens with zero attached hydrogens (tertiary/aromatic N) is 3. The smallest absolute Gasteiger partial charge is 0.184 e. The molecule has 1 heterocycles. The van der Waals surface area contributed by atoms with E-state index < -0.39 is 0 Å². The quantitative estimate of drug-likeness (QED) is 0.383. The summed E-state index contributed by atoms with van der Waals surface area (Å²) >= 11 is 4.96. The molecule has 0 aliphatic rings. The third-order valence-corrected chi connectivity index (χ3v) is 5.63. The van der Waals surface area contributed by atoms with E-state index in [-0.39, 0.29) is 12.3 Å². The van der Waals surface area contributed by atoms with Crippen LogP contribution in [0.15, 0.2) is 58.0 Å². The summed E-state index contributed by atoms with van der Waals surface area (Å²) in [5, 5.41) is 8.13. The van der Waals surface area contributed by atoms with Crippen molar-refractivity contribution in [2.24, 2.45) is 0 Å². The Balaban J connectivity index is 1.56. The van der Waals surface area contributed by atoms with Gasteiger partial charge >= 0.3 is 0 Å². The highest BCUT2D eigenvalue weighted by atomic mass is 79.9. The van der Waals surface area contributed by atoms with Crippen LogP contribution in [-0.2, 0) is 13.1 Å². The first-order valence-corrected chi connectivity index (χ1v) is 10.00. The van der Waals surface area contributed by atoms with Gasteiger partial charge in [-0.05, 0) is 33.9 Å². The van der Waals surface area contributed by atoms with E-state index in [4.69, 9.17) is 9.47 Å². The second-order valence-electron chi connectivity index (χ2n) is 5.76. The Morgan fingerprint density at radius 3 is 2.61 bits per heavy atom. The zero-order valence-electron chi connectivity index (χ0n) is 15.4. The highest BCUT2D eigenvalue weighted by Gasteiger charge is 2.11. The number of ether oxygens (including phenoxy) is 2. The molecule has 0 radical (unpaired) electrons. The molecule has 0 saturated carbocycles. The van der Waals surface area contributed by atoms with Gasteiger partial charge in [-0.2, -0.15) is 0 Å². The van der Waals surface area contributed by atoms with Crippen molar-refractivity contribution in [2.45, 2.75) is 18.0 Å². The molecule has 0 bridgehead atoms. The van der Waals surface area contributed by atoms with E-state index in [0.29, 0.717) is 23.6 Å². The Morgan fingerprint density at radius 1 is 1.18 bits per heavy atom. The van der Waals surface area contributed by atoms with Crippen LogP contribution >= 0.6 is 27.9 Å². The number of aromatic nitrogens is 3. The largest absolute Gasteiger partial charge is 0.493 e. The average molecular weight is 463 g/mol. The molecule has 1 aromatic heterocycles. The molecule has 3 aromatic rings. The van der Waals surface area contributed by atoms with E-state index in [1.807, 2.05) is 30.3 Å². The van der Waals surface area contributed by atoms with Gasteiger partial charge in [0.25, 0.3) is 0 Å². The van der Waals surface area contributed by atoms with Crippen molar-refractivity contribution < 1.29 is 14.3 Å². The minimum absolute atomic E-state index is 0.00589. The molecular weight excluding hydrogens is 444 g/mol. The van der Waals surface area contributed by atoms with Crippen LogP contribution in [0.5, 0.6) is 11.5 Å². The zero-order valence-corrected chi connectivity index (χ0v) is 17.8. The van der Waals surface area contributed by atoms with Crippen LogP contribution in [0.3, 0.4) is 0 Å². The van der Waals surface area contributed by atoms with E-state index in [9.17, 15) is 4.79 Å². The van der Waals surface area contributed by atoms with Crippen LogP contribution in [-0.4, -0.2) is 35.0 Å². The number of carbonyl (C=O) groups is 1. The van der Waals surface area contributed by atoms with Gasteiger partial charge < -0.3 is 9.47 Å². The van der Waals surface area contributed by atoms with Crippen LogP contribution in [0.25, 0.3) is 0 Å². The maximum Gasteiger partial charge on any atom is 0.184 e. The van der Waals surface area contributed by atoms with E-state index in [0.717, 1.165) is 15.1 Å². The number of rotatable bonds is 9. The fraction of sp³-hybridized carbons (Fsp3) is 0.211. The molecule has 0 aliphatic heterocycles. The Kier molecular flexibility index (Phi) is 7.07. The highest BCUT2D eigenvalue weighted by Crippen LogP contribution is 2.37. The number of halogens is 1. The van der Waals surface area contributed by atoms with Gasteiger partial charge in [-0.3, -0.25) is 9.52 Å². The van der Waals surface area contributed by atoms with Gasteiger partial charge in [0, 0.05) is 21.0 Å².